The maximum absolute atomic E-state index is 10.3. The van der Waals surface area contributed by atoms with Crippen molar-refractivity contribution in [2.45, 2.75) is 25.8 Å². The average molecular weight is 335 g/mol. The fraction of sp³-hybridized carbons (Fsp3) is 0.316. The van der Waals surface area contributed by atoms with Gasteiger partial charge in [0.05, 0.1) is 0 Å². The Morgan fingerprint density at radius 1 is 1.20 bits per heavy atom. The minimum atomic E-state index is 0.205. The van der Waals surface area contributed by atoms with Gasteiger partial charge >= 0.3 is 0 Å². The number of phenols is 1. The summed E-state index contributed by atoms with van der Waals surface area (Å²) in [4.78, 5) is 4.24. The molecule has 2 aromatic heterocycles. The number of fused-ring (bicyclic) bond motifs is 1. The van der Waals surface area contributed by atoms with Crippen molar-refractivity contribution < 1.29 is 5.11 Å². The number of phenolic OH excluding ortho intramolecular Hbond substituents is 1. The zero-order valence-corrected chi connectivity index (χ0v) is 14.2. The largest absolute Gasteiger partial charge is 0.507 e. The van der Waals surface area contributed by atoms with E-state index in [-0.39, 0.29) is 5.75 Å². The summed E-state index contributed by atoms with van der Waals surface area (Å²) in [5.74, 6) is 0.970. The van der Waals surface area contributed by atoms with Gasteiger partial charge in [0, 0.05) is 41.3 Å². The van der Waals surface area contributed by atoms with E-state index in [1.165, 1.54) is 0 Å². The fourth-order valence-electron chi connectivity index (χ4n) is 3.31. The molecule has 1 saturated heterocycles. The van der Waals surface area contributed by atoms with Crippen molar-refractivity contribution in [3.8, 4) is 17.0 Å². The molecular weight excluding hydrogens is 314 g/mol. The number of rotatable bonds is 3. The zero-order valence-electron chi connectivity index (χ0n) is 14.2. The average Bonchev–Trinajstić information content (AvgIpc) is 2.64. The number of anilines is 1. The number of pyridine rings is 1. The van der Waals surface area contributed by atoms with E-state index in [9.17, 15) is 5.11 Å². The Kier molecular flexibility index (Phi) is 4.19. The van der Waals surface area contributed by atoms with Crippen LogP contribution in [0.15, 0.2) is 36.7 Å². The van der Waals surface area contributed by atoms with Crippen LogP contribution in [0, 0.1) is 6.92 Å². The Balaban J connectivity index is 1.78. The van der Waals surface area contributed by atoms with Crippen molar-refractivity contribution >= 4 is 16.6 Å². The Labute approximate surface area is 146 Å². The van der Waals surface area contributed by atoms with Crippen LogP contribution in [0.25, 0.3) is 22.0 Å². The molecule has 1 aliphatic heterocycles. The van der Waals surface area contributed by atoms with Gasteiger partial charge in [0.1, 0.15) is 11.4 Å². The number of hydrogen-bond donors (Lipinski definition) is 3. The fourth-order valence-corrected chi connectivity index (χ4v) is 3.31. The van der Waals surface area contributed by atoms with Gasteiger partial charge in [0.2, 0.25) is 0 Å². The summed E-state index contributed by atoms with van der Waals surface area (Å²) in [6, 6.07) is 7.85. The smallest absolute Gasteiger partial charge is 0.156 e. The number of aromatic hydroxyl groups is 1. The molecule has 0 radical (unpaired) electrons. The van der Waals surface area contributed by atoms with Gasteiger partial charge in [-0.2, -0.15) is 0 Å². The molecule has 1 aromatic carbocycles. The first-order valence-electron chi connectivity index (χ1n) is 8.60. The van der Waals surface area contributed by atoms with Crippen LogP contribution in [-0.2, 0) is 0 Å². The van der Waals surface area contributed by atoms with Crippen molar-refractivity contribution in [1.29, 1.82) is 0 Å². The van der Waals surface area contributed by atoms with E-state index in [2.05, 4.69) is 25.8 Å². The zero-order chi connectivity index (χ0) is 17.2. The molecule has 0 amide bonds. The summed E-state index contributed by atoms with van der Waals surface area (Å²) in [5, 5.41) is 27.9. The van der Waals surface area contributed by atoms with E-state index in [1.807, 2.05) is 25.1 Å². The maximum atomic E-state index is 10.3. The summed E-state index contributed by atoms with van der Waals surface area (Å²) < 4.78 is 0. The second-order valence-electron chi connectivity index (χ2n) is 6.53. The molecule has 1 unspecified atom stereocenters. The number of aromatic nitrogens is 3. The molecule has 1 fully saturated rings. The number of piperidine rings is 1. The van der Waals surface area contributed by atoms with Gasteiger partial charge in [-0.3, -0.25) is 4.98 Å². The van der Waals surface area contributed by atoms with Gasteiger partial charge in [0.25, 0.3) is 0 Å². The lowest BCUT2D eigenvalue weighted by atomic mass is 10.0. The van der Waals surface area contributed by atoms with Gasteiger partial charge in [0.15, 0.2) is 5.82 Å². The van der Waals surface area contributed by atoms with Crippen molar-refractivity contribution in [2.75, 3.05) is 18.4 Å². The molecule has 6 heteroatoms. The molecule has 1 atom stereocenters. The minimum absolute atomic E-state index is 0.205. The van der Waals surface area contributed by atoms with E-state index in [4.69, 9.17) is 0 Å². The van der Waals surface area contributed by atoms with E-state index in [1.54, 1.807) is 18.5 Å². The first kappa shape index (κ1) is 15.8. The van der Waals surface area contributed by atoms with Crippen LogP contribution in [0.1, 0.15) is 18.4 Å². The molecule has 3 heterocycles. The van der Waals surface area contributed by atoms with Crippen LogP contribution in [0.2, 0.25) is 0 Å². The summed E-state index contributed by atoms with van der Waals surface area (Å²) in [5.41, 5.74) is 2.31. The third kappa shape index (κ3) is 3.13. The van der Waals surface area contributed by atoms with Crippen LogP contribution >= 0.6 is 0 Å². The topological polar surface area (TPSA) is 83.0 Å². The van der Waals surface area contributed by atoms with Crippen molar-refractivity contribution in [3.05, 3.63) is 42.2 Å². The van der Waals surface area contributed by atoms with Crippen LogP contribution < -0.4 is 10.6 Å². The van der Waals surface area contributed by atoms with Crippen molar-refractivity contribution in [2.24, 2.45) is 0 Å². The highest BCUT2D eigenvalue weighted by Gasteiger charge is 2.18. The third-order valence-electron chi connectivity index (χ3n) is 4.63. The Bertz CT molecular complexity index is 905. The highest BCUT2D eigenvalue weighted by atomic mass is 16.3. The second-order valence-corrected chi connectivity index (χ2v) is 6.53. The van der Waals surface area contributed by atoms with Gasteiger partial charge in [-0.25, -0.2) is 0 Å². The minimum Gasteiger partial charge on any atom is -0.507 e. The number of benzene rings is 1. The molecule has 0 spiro atoms. The number of nitrogens with one attached hydrogen (secondary N) is 2. The van der Waals surface area contributed by atoms with E-state index < -0.39 is 0 Å². The molecule has 4 rings (SSSR count). The molecule has 0 saturated carbocycles. The summed E-state index contributed by atoms with van der Waals surface area (Å²) in [6.07, 6.45) is 5.80. The molecular formula is C19H21N5O. The normalized spacial score (nSPS) is 17.6. The molecule has 128 valence electrons. The maximum Gasteiger partial charge on any atom is 0.156 e. The summed E-state index contributed by atoms with van der Waals surface area (Å²) in [7, 11) is 0. The van der Waals surface area contributed by atoms with Crippen molar-refractivity contribution in [1.82, 2.24) is 20.5 Å². The standard InChI is InChI=1S/C19H21N5O/c1-12-4-5-15(17(25)9-12)18-16-11-21-8-6-14(16)19(24-23-18)22-13-3-2-7-20-10-13/h4-6,8-9,11,13,20,25H,2-3,7,10H2,1H3,(H,22,24). The molecule has 1 aliphatic rings. The van der Waals surface area contributed by atoms with Gasteiger partial charge < -0.3 is 15.7 Å². The lowest BCUT2D eigenvalue weighted by Gasteiger charge is -2.24. The number of hydrogen-bond acceptors (Lipinski definition) is 6. The highest BCUT2D eigenvalue weighted by molar-refractivity contribution is 6.00. The second kappa shape index (κ2) is 6.64. The Morgan fingerprint density at radius 3 is 2.92 bits per heavy atom. The lowest BCUT2D eigenvalue weighted by Crippen LogP contribution is -2.38. The predicted octanol–water partition coefficient (Wildman–Crippen LogP) is 2.87. The van der Waals surface area contributed by atoms with E-state index >= 15 is 0 Å². The first-order chi connectivity index (χ1) is 12.2. The Morgan fingerprint density at radius 2 is 2.12 bits per heavy atom. The van der Waals surface area contributed by atoms with E-state index in [0.29, 0.717) is 17.3 Å². The SMILES string of the molecule is Cc1ccc(-c2nnc(NC3CCCNC3)c3ccncc23)c(O)c1. The molecule has 3 N–H and O–H groups in total. The molecule has 3 aromatic rings. The highest BCUT2D eigenvalue weighted by Crippen LogP contribution is 2.34. The predicted molar refractivity (Wildman–Crippen MR) is 98.7 cm³/mol. The molecule has 0 aliphatic carbocycles. The number of nitrogens with zero attached hydrogens (tertiary/aromatic N) is 3. The monoisotopic (exact) mass is 335 g/mol. The molecule has 0 bridgehead atoms. The molecule has 6 nitrogen and oxygen atoms in total. The van der Waals surface area contributed by atoms with E-state index in [0.717, 1.165) is 48.1 Å². The summed E-state index contributed by atoms with van der Waals surface area (Å²) in [6.45, 7) is 3.94. The molecule has 25 heavy (non-hydrogen) atoms. The van der Waals surface area contributed by atoms with Crippen LogP contribution in [-0.4, -0.2) is 39.4 Å². The van der Waals surface area contributed by atoms with Crippen LogP contribution in [0.4, 0.5) is 5.82 Å². The van der Waals surface area contributed by atoms with Gasteiger partial charge in [-0.05, 0) is 50.1 Å². The van der Waals surface area contributed by atoms with Crippen molar-refractivity contribution in [3.63, 3.8) is 0 Å². The third-order valence-corrected chi connectivity index (χ3v) is 4.63. The van der Waals surface area contributed by atoms with Crippen LogP contribution in [0.5, 0.6) is 5.75 Å². The quantitative estimate of drug-likeness (QED) is 0.683. The Hall–Kier alpha value is -2.73. The van der Waals surface area contributed by atoms with Gasteiger partial charge in [-0.1, -0.05) is 6.07 Å². The number of aryl methyl sites for hydroxylation is 1. The van der Waals surface area contributed by atoms with Crippen LogP contribution in [0.3, 0.4) is 0 Å². The van der Waals surface area contributed by atoms with Gasteiger partial charge in [-0.15, -0.1) is 10.2 Å². The lowest BCUT2D eigenvalue weighted by molar-refractivity contribution is 0.476. The first-order valence-corrected chi connectivity index (χ1v) is 8.60. The summed E-state index contributed by atoms with van der Waals surface area (Å²) >= 11 is 0.